The van der Waals surface area contributed by atoms with Gasteiger partial charge in [-0.2, -0.15) is 0 Å². The number of hydrogen-bond donors (Lipinski definition) is 1. The van der Waals surface area contributed by atoms with Gasteiger partial charge in [-0.3, -0.25) is 4.79 Å². The van der Waals surface area contributed by atoms with Gasteiger partial charge in [0, 0.05) is 36.9 Å². The molecule has 4 heterocycles. The van der Waals surface area contributed by atoms with E-state index in [9.17, 15) is 4.79 Å². The number of likely N-dealkylation sites (tertiary alicyclic amines) is 1. The maximum absolute atomic E-state index is 12.6. The first-order valence-electron chi connectivity index (χ1n) is 10.2. The first-order chi connectivity index (χ1) is 14.7. The van der Waals surface area contributed by atoms with Crippen molar-refractivity contribution >= 4 is 35.0 Å². The number of hydrogen-bond acceptors (Lipinski definition) is 6. The number of pyridine rings is 2. The molecular weight excluding hydrogens is 394 g/mol. The molecule has 1 N–H and O–H groups in total. The molecule has 0 radical (unpaired) electrons. The van der Waals surface area contributed by atoms with Gasteiger partial charge >= 0.3 is 0 Å². The predicted octanol–water partition coefficient (Wildman–Crippen LogP) is 4.48. The van der Waals surface area contributed by atoms with E-state index < -0.39 is 0 Å². The largest absolute Gasteiger partial charge is 0.339 e. The van der Waals surface area contributed by atoms with Crippen molar-refractivity contribution in [2.24, 2.45) is 5.92 Å². The molecule has 3 aromatic rings. The summed E-state index contributed by atoms with van der Waals surface area (Å²) < 4.78 is 0. The van der Waals surface area contributed by atoms with Crippen molar-refractivity contribution in [2.45, 2.75) is 26.2 Å². The minimum Gasteiger partial charge on any atom is -0.339 e. The SMILES string of the molecule is Cc1nc(/C=C/C(=O)N2CCC[C@H](Cc3ccnc(Nc4ccccn4)c3)C2)cs1. The zero-order valence-corrected chi connectivity index (χ0v) is 17.8. The Morgan fingerprint density at radius 2 is 2.17 bits per heavy atom. The van der Waals surface area contributed by atoms with Crippen molar-refractivity contribution in [3.8, 4) is 0 Å². The predicted molar refractivity (Wildman–Crippen MR) is 121 cm³/mol. The second-order valence-electron chi connectivity index (χ2n) is 7.51. The average molecular weight is 420 g/mol. The van der Waals surface area contributed by atoms with E-state index in [2.05, 4.69) is 32.4 Å². The summed E-state index contributed by atoms with van der Waals surface area (Å²) in [6.07, 6.45) is 10.1. The topological polar surface area (TPSA) is 71.0 Å². The first-order valence-corrected chi connectivity index (χ1v) is 11.1. The number of rotatable bonds is 6. The highest BCUT2D eigenvalue weighted by molar-refractivity contribution is 7.09. The van der Waals surface area contributed by atoms with E-state index in [1.165, 1.54) is 5.56 Å². The molecule has 0 saturated carbocycles. The number of nitrogens with zero attached hydrogens (tertiary/aromatic N) is 4. The lowest BCUT2D eigenvalue weighted by Crippen LogP contribution is -2.39. The van der Waals surface area contributed by atoms with Gasteiger partial charge in [0.05, 0.1) is 10.7 Å². The van der Waals surface area contributed by atoms with Crippen molar-refractivity contribution in [2.75, 3.05) is 18.4 Å². The first kappa shape index (κ1) is 20.2. The summed E-state index contributed by atoms with van der Waals surface area (Å²) in [5.74, 6) is 2.08. The molecule has 1 amide bonds. The van der Waals surface area contributed by atoms with Gasteiger partial charge in [-0.25, -0.2) is 15.0 Å². The molecule has 7 heteroatoms. The minimum absolute atomic E-state index is 0.0672. The molecule has 0 bridgehead atoms. The molecule has 1 atom stereocenters. The Kier molecular flexibility index (Phi) is 6.49. The number of piperidine rings is 1. The summed E-state index contributed by atoms with van der Waals surface area (Å²) in [7, 11) is 0. The van der Waals surface area contributed by atoms with Crippen molar-refractivity contribution < 1.29 is 4.79 Å². The van der Waals surface area contributed by atoms with E-state index in [-0.39, 0.29) is 5.91 Å². The summed E-state index contributed by atoms with van der Waals surface area (Å²) in [5.41, 5.74) is 2.07. The number of nitrogens with one attached hydrogen (secondary N) is 1. The van der Waals surface area contributed by atoms with Crippen LogP contribution in [0.25, 0.3) is 6.08 Å². The van der Waals surface area contributed by atoms with Crippen molar-refractivity contribution in [1.29, 1.82) is 0 Å². The van der Waals surface area contributed by atoms with Crippen molar-refractivity contribution in [3.63, 3.8) is 0 Å². The third-order valence-corrected chi connectivity index (χ3v) is 5.93. The van der Waals surface area contributed by atoms with Gasteiger partial charge in [-0.1, -0.05) is 6.07 Å². The van der Waals surface area contributed by atoms with Gasteiger partial charge in [0.15, 0.2) is 0 Å². The Labute approximate surface area is 180 Å². The van der Waals surface area contributed by atoms with Crippen LogP contribution in [0.1, 0.15) is 29.1 Å². The van der Waals surface area contributed by atoms with Crippen molar-refractivity contribution in [1.82, 2.24) is 19.9 Å². The summed E-state index contributed by atoms with van der Waals surface area (Å²) in [6.45, 7) is 3.57. The molecule has 3 aromatic heterocycles. The molecular formula is C23H25N5OS. The highest BCUT2D eigenvalue weighted by Gasteiger charge is 2.22. The Hall–Kier alpha value is -3.06. The fourth-order valence-electron chi connectivity index (χ4n) is 3.72. The Morgan fingerprint density at radius 1 is 1.27 bits per heavy atom. The van der Waals surface area contributed by atoms with Crippen LogP contribution >= 0.6 is 11.3 Å². The minimum atomic E-state index is 0.0672. The number of amides is 1. The summed E-state index contributed by atoms with van der Waals surface area (Å²) in [6, 6.07) is 9.86. The van der Waals surface area contributed by atoms with E-state index in [0.29, 0.717) is 5.92 Å². The van der Waals surface area contributed by atoms with Crippen LogP contribution in [0, 0.1) is 12.8 Å². The second-order valence-corrected chi connectivity index (χ2v) is 8.57. The molecule has 0 unspecified atom stereocenters. The maximum atomic E-state index is 12.6. The summed E-state index contributed by atoms with van der Waals surface area (Å²) in [5, 5.41) is 6.22. The quantitative estimate of drug-likeness (QED) is 0.597. The van der Waals surface area contributed by atoms with Gasteiger partial charge < -0.3 is 10.2 Å². The van der Waals surface area contributed by atoms with E-state index in [1.54, 1.807) is 23.6 Å². The lowest BCUT2D eigenvalue weighted by Gasteiger charge is -2.32. The monoisotopic (exact) mass is 419 g/mol. The lowest BCUT2D eigenvalue weighted by atomic mass is 9.91. The fraction of sp³-hybridized carbons (Fsp3) is 0.304. The highest BCUT2D eigenvalue weighted by atomic mass is 32.1. The van der Waals surface area contributed by atoms with Crippen LogP contribution in [0.4, 0.5) is 11.6 Å². The third kappa shape index (κ3) is 5.51. The molecule has 6 nitrogen and oxygen atoms in total. The molecule has 1 aliphatic rings. The molecule has 0 aromatic carbocycles. The molecule has 0 spiro atoms. The summed E-state index contributed by atoms with van der Waals surface area (Å²) >= 11 is 1.59. The smallest absolute Gasteiger partial charge is 0.246 e. The maximum Gasteiger partial charge on any atom is 0.246 e. The van der Waals surface area contributed by atoms with Crippen LogP contribution < -0.4 is 5.32 Å². The van der Waals surface area contributed by atoms with Crippen LogP contribution in [0.5, 0.6) is 0 Å². The lowest BCUT2D eigenvalue weighted by molar-refractivity contribution is -0.127. The van der Waals surface area contributed by atoms with Crippen LogP contribution in [0.15, 0.2) is 54.2 Å². The van der Waals surface area contributed by atoms with Gasteiger partial charge in [-0.05, 0) is 68.0 Å². The number of carbonyl (C=O) groups is 1. The van der Waals surface area contributed by atoms with Crippen LogP contribution in [-0.4, -0.2) is 38.8 Å². The summed E-state index contributed by atoms with van der Waals surface area (Å²) in [4.78, 5) is 27.6. The standard InChI is InChI=1S/C23H25N5OS/c1-17-26-20(16-30-17)7-8-23(29)28-12-4-5-19(15-28)13-18-9-11-25-22(14-18)27-21-6-2-3-10-24-21/h2-3,6-11,14,16,19H,4-5,12-13,15H2,1H3,(H,24,25,27)/b8-7+/t19-/m1/s1. The molecule has 30 heavy (non-hydrogen) atoms. The van der Waals surface area contributed by atoms with Gasteiger partial charge in [0.2, 0.25) is 5.91 Å². The zero-order valence-electron chi connectivity index (χ0n) is 17.0. The Morgan fingerprint density at radius 3 is 2.97 bits per heavy atom. The molecule has 1 aliphatic heterocycles. The zero-order chi connectivity index (χ0) is 20.8. The Bertz CT molecular complexity index is 1020. The number of aromatic nitrogens is 3. The van der Waals surface area contributed by atoms with E-state index >= 15 is 0 Å². The highest BCUT2D eigenvalue weighted by Crippen LogP contribution is 2.23. The van der Waals surface area contributed by atoms with Crippen molar-refractivity contribution in [3.05, 3.63) is 70.4 Å². The molecule has 1 saturated heterocycles. The van der Waals surface area contributed by atoms with Gasteiger partial charge in [0.1, 0.15) is 11.6 Å². The van der Waals surface area contributed by atoms with Gasteiger partial charge in [0.25, 0.3) is 0 Å². The van der Waals surface area contributed by atoms with E-state index in [4.69, 9.17) is 0 Å². The molecule has 1 fully saturated rings. The van der Waals surface area contributed by atoms with E-state index in [0.717, 1.165) is 54.7 Å². The number of thiazole rings is 1. The van der Waals surface area contributed by atoms with Gasteiger partial charge in [-0.15, -0.1) is 11.3 Å². The third-order valence-electron chi connectivity index (χ3n) is 5.13. The molecule has 154 valence electrons. The number of carbonyl (C=O) groups excluding carboxylic acids is 1. The number of anilines is 2. The number of aryl methyl sites for hydroxylation is 1. The van der Waals surface area contributed by atoms with Crippen LogP contribution in [-0.2, 0) is 11.2 Å². The average Bonchev–Trinajstić information content (AvgIpc) is 3.18. The van der Waals surface area contributed by atoms with Crippen LogP contribution in [0.2, 0.25) is 0 Å². The van der Waals surface area contributed by atoms with Crippen LogP contribution in [0.3, 0.4) is 0 Å². The second kappa shape index (κ2) is 9.63. The Balaban J connectivity index is 1.35. The molecule has 4 rings (SSSR count). The van der Waals surface area contributed by atoms with E-state index in [1.807, 2.05) is 47.7 Å². The normalized spacial score (nSPS) is 16.7. The fourth-order valence-corrected chi connectivity index (χ4v) is 4.30. The molecule has 0 aliphatic carbocycles.